The number of nitrogens with one attached hydrogen (secondary N) is 1. The topological polar surface area (TPSA) is 102 Å². The summed E-state index contributed by atoms with van der Waals surface area (Å²) in [4.78, 5) is 10.8. The number of halogens is 2. The first kappa shape index (κ1) is 18.5. The van der Waals surface area contributed by atoms with Crippen molar-refractivity contribution in [1.29, 1.82) is 0 Å². The fourth-order valence-corrected chi connectivity index (χ4v) is 3.12. The highest BCUT2D eigenvalue weighted by Gasteiger charge is 2.21. The van der Waals surface area contributed by atoms with Crippen LogP contribution in [0.2, 0.25) is 0 Å². The van der Waals surface area contributed by atoms with Crippen LogP contribution < -0.4 is 14.2 Å². The van der Waals surface area contributed by atoms with Gasteiger partial charge in [0.1, 0.15) is 11.3 Å². The van der Waals surface area contributed by atoms with E-state index in [0.29, 0.717) is 0 Å². The van der Waals surface area contributed by atoms with Crippen molar-refractivity contribution in [3.05, 3.63) is 47.5 Å². The molecule has 0 aromatic heterocycles. The number of carboxylic acid groups (broad SMARTS) is 1. The van der Waals surface area contributed by atoms with Gasteiger partial charge in [0, 0.05) is 12.1 Å². The highest BCUT2D eigenvalue weighted by Crippen LogP contribution is 2.28. The Morgan fingerprint density at radius 1 is 1.08 bits per heavy atom. The molecule has 2 N–H and O–H groups in total. The summed E-state index contributed by atoms with van der Waals surface area (Å²) < 4.78 is 63.3. The molecule has 2 aromatic carbocycles. The average molecular weight is 373 g/mol. The molecule has 7 nitrogen and oxygen atoms in total. The van der Waals surface area contributed by atoms with Gasteiger partial charge in [-0.05, 0) is 18.2 Å². The number of aromatic carboxylic acids is 1. The third-order valence-electron chi connectivity index (χ3n) is 3.17. The lowest BCUT2D eigenvalue weighted by molar-refractivity contribution is 0.0693. The molecular formula is C15H13F2NO6S. The molecule has 0 spiro atoms. The number of carbonyl (C=O) groups is 1. The van der Waals surface area contributed by atoms with Crippen LogP contribution in [0.5, 0.6) is 11.5 Å². The number of anilines is 1. The lowest BCUT2D eigenvalue weighted by Gasteiger charge is -2.12. The van der Waals surface area contributed by atoms with Gasteiger partial charge in [0.05, 0.1) is 24.8 Å². The molecule has 0 saturated heterocycles. The van der Waals surface area contributed by atoms with E-state index in [4.69, 9.17) is 9.84 Å². The van der Waals surface area contributed by atoms with Gasteiger partial charge in [-0.2, -0.15) is 0 Å². The van der Waals surface area contributed by atoms with Crippen LogP contribution in [0.4, 0.5) is 14.5 Å². The highest BCUT2D eigenvalue weighted by molar-refractivity contribution is 7.92. The van der Waals surface area contributed by atoms with Gasteiger partial charge in [0.15, 0.2) is 17.4 Å². The molecule has 0 unspecified atom stereocenters. The standard InChI is InChI=1S/C15H13F2NO6S/c1-23-13-4-3-9(7-10(13)15(19)20)25(21,22)18-8-5-11(16)14(24-2)12(17)6-8/h3-7,18H,1-2H3,(H,19,20). The first-order valence-electron chi connectivity index (χ1n) is 6.66. The monoisotopic (exact) mass is 373 g/mol. The molecule has 2 aromatic rings. The minimum atomic E-state index is -4.29. The summed E-state index contributed by atoms with van der Waals surface area (Å²) >= 11 is 0. The van der Waals surface area contributed by atoms with Gasteiger partial charge in [-0.15, -0.1) is 0 Å². The normalized spacial score (nSPS) is 11.0. The van der Waals surface area contributed by atoms with Crippen molar-refractivity contribution in [3.8, 4) is 11.5 Å². The quantitative estimate of drug-likeness (QED) is 0.807. The summed E-state index contributed by atoms with van der Waals surface area (Å²) in [5.74, 6) is -4.27. The second-order valence-electron chi connectivity index (χ2n) is 4.75. The average Bonchev–Trinajstić information content (AvgIpc) is 2.53. The van der Waals surface area contributed by atoms with Crippen molar-refractivity contribution in [2.75, 3.05) is 18.9 Å². The molecular weight excluding hydrogens is 360 g/mol. The fraction of sp³-hybridized carbons (Fsp3) is 0.133. The van der Waals surface area contributed by atoms with E-state index < -0.39 is 38.3 Å². The molecule has 134 valence electrons. The second-order valence-corrected chi connectivity index (χ2v) is 6.43. The Labute approximate surface area is 141 Å². The van der Waals surface area contributed by atoms with Gasteiger partial charge in [-0.25, -0.2) is 22.0 Å². The first-order chi connectivity index (χ1) is 11.7. The molecule has 0 radical (unpaired) electrons. The maximum absolute atomic E-state index is 13.7. The van der Waals surface area contributed by atoms with Crippen molar-refractivity contribution >= 4 is 21.7 Å². The van der Waals surface area contributed by atoms with Gasteiger partial charge < -0.3 is 14.6 Å². The molecule has 0 heterocycles. The molecule has 0 aliphatic rings. The van der Waals surface area contributed by atoms with E-state index >= 15 is 0 Å². The number of ether oxygens (including phenoxy) is 2. The number of benzene rings is 2. The van der Waals surface area contributed by atoms with Crippen molar-refractivity contribution < 1.29 is 36.6 Å². The first-order valence-corrected chi connectivity index (χ1v) is 8.15. The van der Waals surface area contributed by atoms with Crippen LogP contribution in [0.1, 0.15) is 10.4 Å². The van der Waals surface area contributed by atoms with Crippen LogP contribution in [-0.2, 0) is 10.0 Å². The number of methoxy groups -OCH3 is 2. The Morgan fingerprint density at radius 2 is 1.68 bits per heavy atom. The van der Waals surface area contributed by atoms with Crippen molar-refractivity contribution in [1.82, 2.24) is 0 Å². The summed E-state index contributed by atoms with van der Waals surface area (Å²) in [6.45, 7) is 0. The largest absolute Gasteiger partial charge is 0.496 e. The molecule has 0 saturated carbocycles. The van der Waals surface area contributed by atoms with Crippen molar-refractivity contribution in [3.63, 3.8) is 0 Å². The number of rotatable bonds is 6. The molecule has 2 rings (SSSR count). The molecule has 0 fully saturated rings. The summed E-state index contributed by atoms with van der Waals surface area (Å²) in [6, 6.07) is 4.61. The van der Waals surface area contributed by atoms with Crippen molar-refractivity contribution in [2.45, 2.75) is 4.90 Å². The molecule has 0 aliphatic carbocycles. The Bertz CT molecular complexity index is 907. The van der Waals surface area contributed by atoms with Gasteiger partial charge in [-0.3, -0.25) is 4.72 Å². The van der Waals surface area contributed by atoms with E-state index in [-0.39, 0.29) is 17.0 Å². The minimum absolute atomic E-state index is 0.0343. The minimum Gasteiger partial charge on any atom is -0.496 e. The maximum atomic E-state index is 13.7. The third kappa shape index (κ3) is 3.79. The third-order valence-corrected chi connectivity index (χ3v) is 4.55. The predicted octanol–water partition coefficient (Wildman–Crippen LogP) is 2.48. The smallest absolute Gasteiger partial charge is 0.339 e. The van der Waals surface area contributed by atoms with Crippen LogP contribution in [0.25, 0.3) is 0 Å². The molecule has 10 heteroatoms. The summed E-state index contributed by atoms with van der Waals surface area (Å²) in [7, 11) is -1.99. The highest BCUT2D eigenvalue weighted by atomic mass is 32.2. The van der Waals surface area contributed by atoms with Crippen molar-refractivity contribution in [2.24, 2.45) is 0 Å². The summed E-state index contributed by atoms with van der Waals surface area (Å²) in [5, 5.41) is 9.10. The summed E-state index contributed by atoms with van der Waals surface area (Å²) in [6.07, 6.45) is 0. The zero-order valence-corrected chi connectivity index (χ0v) is 13.9. The van der Waals surface area contributed by atoms with E-state index in [1.54, 1.807) is 0 Å². The number of sulfonamides is 1. The van der Waals surface area contributed by atoms with Gasteiger partial charge >= 0.3 is 5.97 Å². The molecule has 0 amide bonds. The predicted molar refractivity (Wildman–Crippen MR) is 83.7 cm³/mol. The zero-order chi connectivity index (χ0) is 18.8. The van der Waals surface area contributed by atoms with E-state index in [9.17, 15) is 22.0 Å². The maximum Gasteiger partial charge on any atom is 0.339 e. The Morgan fingerprint density at radius 3 is 2.16 bits per heavy atom. The van der Waals surface area contributed by atoms with E-state index in [2.05, 4.69) is 4.74 Å². The second kappa shape index (κ2) is 6.93. The Balaban J connectivity index is 2.43. The zero-order valence-electron chi connectivity index (χ0n) is 13.0. The number of carboxylic acids is 1. The summed E-state index contributed by atoms with van der Waals surface area (Å²) in [5.41, 5.74) is -0.763. The molecule has 0 aliphatic heterocycles. The molecule has 0 bridgehead atoms. The molecule has 25 heavy (non-hydrogen) atoms. The Kier molecular flexibility index (Phi) is 5.12. The van der Waals surface area contributed by atoms with Crippen LogP contribution in [0, 0.1) is 11.6 Å². The Hall–Kier alpha value is -2.88. The molecule has 0 atom stereocenters. The lowest BCUT2D eigenvalue weighted by atomic mass is 10.2. The van der Waals surface area contributed by atoms with Gasteiger partial charge in [0.25, 0.3) is 10.0 Å². The van der Waals surface area contributed by atoms with E-state index in [0.717, 1.165) is 37.4 Å². The lowest BCUT2D eigenvalue weighted by Crippen LogP contribution is -2.14. The van der Waals surface area contributed by atoms with Gasteiger partial charge in [-0.1, -0.05) is 0 Å². The van der Waals surface area contributed by atoms with Gasteiger partial charge in [0.2, 0.25) is 0 Å². The van der Waals surface area contributed by atoms with Crippen LogP contribution in [0.15, 0.2) is 35.2 Å². The van der Waals surface area contributed by atoms with Crippen LogP contribution in [-0.4, -0.2) is 33.7 Å². The van der Waals surface area contributed by atoms with Crippen LogP contribution >= 0.6 is 0 Å². The van der Waals surface area contributed by atoms with E-state index in [1.807, 2.05) is 4.72 Å². The SMILES string of the molecule is COc1ccc(S(=O)(=O)Nc2cc(F)c(OC)c(F)c2)cc1C(=O)O. The van der Waals surface area contributed by atoms with E-state index in [1.165, 1.54) is 7.11 Å². The fourth-order valence-electron chi connectivity index (χ4n) is 2.05. The number of hydrogen-bond donors (Lipinski definition) is 2. The number of hydrogen-bond acceptors (Lipinski definition) is 5. The van der Waals surface area contributed by atoms with Crippen LogP contribution in [0.3, 0.4) is 0 Å².